The monoisotopic (exact) mass is 403 g/mol. The van der Waals surface area contributed by atoms with Crippen molar-refractivity contribution >= 4 is 34.1 Å². The van der Waals surface area contributed by atoms with Gasteiger partial charge in [0.05, 0.1) is 11.2 Å². The second-order valence-electron chi connectivity index (χ2n) is 7.07. The zero-order valence-corrected chi connectivity index (χ0v) is 16.7. The van der Waals surface area contributed by atoms with E-state index in [0.717, 1.165) is 47.2 Å². The fourth-order valence-corrected chi connectivity index (χ4v) is 3.81. The molecule has 0 aliphatic heterocycles. The molecule has 0 spiro atoms. The lowest BCUT2D eigenvalue weighted by atomic mass is 10.0. The molecule has 1 amide bonds. The van der Waals surface area contributed by atoms with Gasteiger partial charge in [-0.2, -0.15) is 0 Å². The van der Waals surface area contributed by atoms with Crippen LogP contribution in [-0.2, 0) is 19.4 Å². The van der Waals surface area contributed by atoms with E-state index in [-0.39, 0.29) is 0 Å². The quantitative estimate of drug-likeness (QED) is 0.391. The summed E-state index contributed by atoms with van der Waals surface area (Å²) in [5.74, 6) is -0.392. The first-order chi connectivity index (χ1) is 14.1. The summed E-state index contributed by atoms with van der Waals surface area (Å²) in [7, 11) is 0. The third-order valence-corrected chi connectivity index (χ3v) is 5.24. The topological polar surface area (TPSA) is 70.9 Å². The van der Waals surface area contributed by atoms with Crippen LogP contribution >= 0.6 is 11.6 Å². The Morgan fingerprint density at radius 2 is 1.72 bits per heavy atom. The molecule has 0 fully saturated rings. The minimum atomic E-state index is -0.392. The van der Waals surface area contributed by atoms with Crippen molar-refractivity contribution in [2.45, 2.75) is 19.4 Å². The number of carbonyl (C=O) groups is 1. The summed E-state index contributed by atoms with van der Waals surface area (Å²) in [6, 6.07) is 23.7. The number of carbonyl (C=O) groups excluding carboxylic acids is 1. The summed E-state index contributed by atoms with van der Waals surface area (Å²) in [6.45, 7) is 0.719. The lowest BCUT2D eigenvalue weighted by Gasteiger charge is -2.09. The highest BCUT2D eigenvalue weighted by atomic mass is 35.5. The molecule has 0 saturated carbocycles. The number of amides is 1. The molecule has 3 aromatic carbocycles. The Hall–Kier alpha value is -3.24. The van der Waals surface area contributed by atoms with Gasteiger partial charge in [-0.1, -0.05) is 60.1 Å². The van der Waals surface area contributed by atoms with Crippen molar-refractivity contribution in [3.8, 4) is 0 Å². The number of fused-ring (bicyclic) bond motifs is 1. The number of aromatic amines is 1. The zero-order valence-electron chi connectivity index (χ0n) is 15.9. The minimum Gasteiger partial charge on any atom is -0.379 e. The minimum absolute atomic E-state index is 0.392. The number of hydrogen-bond acceptors (Lipinski definition) is 2. The average Bonchev–Trinajstić information content (AvgIpc) is 3.14. The van der Waals surface area contributed by atoms with E-state index >= 15 is 0 Å². The maximum absolute atomic E-state index is 11.6. The number of benzene rings is 3. The molecule has 0 aliphatic carbocycles. The summed E-state index contributed by atoms with van der Waals surface area (Å²) in [6.07, 6.45) is 1.50. The molecular weight excluding hydrogens is 382 g/mol. The number of hydrogen-bond donors (Lipinski definition) is 3. The van der Waals surface area contributed by atoms with Gasteiger partial charge in [-0.3, -0.25) is 4.79 Å². The molecule has 0 atom stereocenters. The molecule has 0 aliphatic rings. The number of primary amides is 1. The van der Waals surface area contributed by atoms with Crippen molar-refractivity contribution in [2.24, 2.45) is 5.73 Å². The molecule has 1 heterocycles. The number of halogens is 1. The summed E-state index contributed by atoms with van der Waals surface area (Å²) in [4.78, 5) is 15.1. The number of aromatic nitrogens is 1. The lowest BCUT2D eigenvalue weighted by molar-refractivity contribution is 0.0999. The van der Waals surface area contributed by atoms with Gasteiger partial charge in [0.2, 0.25) is 5.91 Å². The Balaban J connectivity index is 1.55. The first-order valence-electron chi connectivity index (χ1n) is 9.57. The van der Waals surface area contributed by atoms with Crippen LogP contribution in [0.1, 0.15) is 27.2 Å². The molecule has 4 N–H and O–H groups in total. The SMILES string of the molecule is NC(=O)c1ccccc1CCc1cc2cc(Cl)cc(NCc3ccccc3)c2[nH]1. The molecule has 0 radical (unpaired) electrons. The first kappa shape index (κ1) is 19.1. The fraction of sp³-hybridized carbons (Fsp3) is 0.125. The van der Waals surface area contributed by atoms with Crippen LogP contribution in [0.2, 0.25) is 5.02 Å². The number of nitrogens with two attached hydrogens (primary N) is 1. The van der Waals surface area contributed by atoms with E-state index in [0.29, 0.717) is 10.6 Å². The lowest BCUT2D eigenvalue weighted by Crippen LogP contribution is -2.13. The van der Waals surface area contributed by atoms with Gasteiger partial charge in [0, 0.05) is 28.2 Å². The second kappa shape index (κ2) is 8.41. The van der Waals surface area contributed by atoms with Gasteiger partial charge in [0.25, 0.3) is 0 Å². The Kier molecular flexibility index (Phi) is 5.54. The van der Waals surface area contributed by atoms with E-state index in [4.69, 9.17) is 17.3 Å². The fourth-order valence-electron chi connectivity index (χ4n) is 3.58. The summed E-state index contributed by atoms with van der Waals surface area (Å²) in [5, 5.41) is 5.23. The third-order valence-electron chi connectivity index (χ3n) is 5.02. The smallest absolute Gasteiger partial charge is 0.248 e. The standard InChI is InChI=1S/C24H22ClN3O/c25-19-12-18-13-20(11-10-17-8-4-5-9-21(17)24(26)29)28-23(18)22(14-19)27-15-16-6-2-1-3-7-16/h1-9,12-14,27-28H,10-11,15H2,(H2,26,29). The van der Waals surface area contributed by atoms with Crippen molar-refractivity contribution < 1.29 is 4.79 Å². The first-order valence-corrected chi connectivity index (χ1v) is 9.94. The van der Waals surface area contributed by atoms with Gasteiger partial charge in [-0.05, 0) is 48.2 Å². The average molecular weight is 404 g/mol. The molecular formula is C24H22ClN3O. The van der Waals surface area contributed by atoms with Crippen molar-refractivity contribution in [1.82, 2.24) is 4.98 Å². The Bertz CT molecular complexity index is 1150. The normalized spacial score (nSPS) is 10.9. The second-order valence-corrected chi connectivity index (χ2v) is 7.51. The molecule has 5 heteroatoms. The van der Waals surface area contributed by atoms with Gasteiger partial charge in [0.15, 0.2) is 0 Å². The zero-order chi connectivity index (χ0) is 20.2. The molecule has 29 heavy (non-hydrogen) atoms. The highest BCUT2D eigenvalue weighted by Crippen LogP contribution is 2.29. The predicted molar refractivity (Wildman–Crippen MR) is 119 cm³/mol. The van der Waals surface area contributed by atoms with Crippen LogP contribution in [0.5, 0.6) is 0 Å². The maximum Gasteiger partial charge on any atom is 0.248 e. The summed E-state index contributed by atoms with van der Waals surface area (Å²) in [5.41, 5.74) is 11.3. The Morgan fingerprint density at radius 1 is 0.966 bits per heavy atom. The molecule has 0 bridgehead atoms. The molecule has 1 aromatic heterocycles. The van der Waals surface area contributed by atoms with Crippen LogP contribution < -0.4 is 11.1 Å². The van der Waals surface area contributed by atoms with E-state index in [9.17, 15) is 4.79 Å². The van der Waals surface area contributed by atoms with E-state index in [1.165, 1.54) is 5.56 Å². The summed E-state index contributed by atoms with van der Waals surface area (Å²) < 4.78 is 0. The van der Waals surface area contributed by atoms with Crippen molar-refractivity contribution in [3.05, 3.63) is 100 Å². The highest BCUT2D eigenvalue weighted by molar-refractivity contribution is 6.31. The molecule has 0 saturated heterocycles. The van der Waals surface area contributed by atoms with Crippen LogP contribution in [0.25, 0.3) is 10.9 Å². The number of aryl methyl sites for hydroxylation is 2. The molecule has 4 aromatic rings. The van der Waals surface area contributed by atoms with E-state index in [2.05, 4.69) is 28.5 Å². The Labute approximate surface area is 174 Å². The molecule has 4 nitrogen and oxygen atoms in total. The van der Waals surface area contributed by atoms with Crippen LogP contribution in [0.3, 0.4) is 0 Å². The third kappa shape index (κ3) is 4.44. The summed E-state index contributed by atoms with van der Waals surface area (Å²) >= 11 is 6.34. The molecule has 0 unspecified atom stereocenters. The number of rotatable bonds is 7. The van der Waals surface area contributed by atoms with E-state index in [1.54, 1.807) is 6.07 Å². The van der Waals surface area contributed by atoms with E-state index < -0.39 is 5.91 Å². The van der Waals surface area contributed by atoms with Crippen LogP contribution in [0.4, 0.5) is 5.69 Å². The van der Waals surface area contributed by atoms with Gasteiger partial charge >= 0.3 is 0 Å². The number of anilines is 1. The highest BCUT2D eigenvalue weighted by Gasteiger charge is 2.10. The van der Waals surface area contributed by atoms with Gasteiger partial charge in [0.1, 0.15) is 0 Å². The van der Waals surface area contributed by atoms with Crippen molar-refractivity contribution in [2.75, 3.05) is 5.32 Å². The maximum atomic E-state index is 11.6. The largest absolute Gasteiger partial charge is 0.379 e. The van der Waals surface area contributed by atoms with E-state index in [1.807, 2.05) is 48.5 Å². The van der Waals surface area contributed by atoms with Gasteiger partial charge in [-0.25, -0.2) is 0 Å². The molecule has 4 rings (SSSR count). The number of H-pyrrole nitrogens is 1. The van der Waals surface area contributed by atoms with Crippen molar-refractivity contribution in [3.63, 3.8) is 0 Å². The van der Waals surface area contributed by atoms with Crippen molar-refractivity contribution in [1.29, 1.82) is 0 Å². The van der Waals surface area contributed by atoms with Crippen LogP contribution in [0, 0.1) is 0 Å². The van der Waals surface area contributed by atoms with Gasteiger partial charge in [-0.15, -0.1) is 0 Å². The predicted octanol–water partition coefficient (Wildman–Crippen LogP) is 5.32. The molecule has 146 valence electrons. The Morgan fingerprint density at radius 3 is 2.52 bits per heavy atom. The van der Waals surface area contributed by atoms with Crippen LogP contribution in [-0.4, -0.2) is 10.9 Å². The number of nitrogens with one attached hydrogen (secondary N) is 2. The van der Waals surface area contributed by atoms with Crippen LogP contribution in [0.15, 0.2) is 72.8 Å². The van der Waals surface area contributed by atoms with Gasteiger partial charge < -0.3 is 16.0 Å².